The fraction of sp³-hybridized carbons (Fsp3) is 0. The van der Waals surface area contributed by atoms with Gasteiger partial charge in [0.25, 0.3) is 0 Å². The third-order valence-electron chi connectivity index (χ3n) is 1.56. The van der Waals surface area contributed by atoms with Crippen molar-refractivity contribution in [3.63, 3.8) is 0 Å². The van der Waals surface area contributed by atoms with Gasteiger partial charge in [-0.1, -0.05) is 74.9 Å². The first kappa shape index (κ1) is 12.2. The lowest BCUT2D eigenvalue weighted by atomic mass is 10.0. The van der Waals surface area contributed by atoms with Gasteiger partial charge in [0, 0.05) is 0 Å². The van der Waals surface area contributed by atoms with E-state index in [1.165, 1.54) is 0 Å². The molecule has 0 saturated heterocycles. The zero-order chi connectivity index (χ0) is 10.8. The van der Waals surface area contributed by atoms with Gasteiger partial charge >= 0.3 is 0 Å². The van der Waals surface area contributed by atoms with Crippen LogP contribution in [0, 0.1) is 0 Å². The van der Waals surface area contributed by atoms with Crippen LogP contribution in [-0.2, 0) is 0 Å². The molecule has 0 atom stereocenters. The third kappa shape index (κ3) is 4.27. The van der Waals surface area contributed by atoms with Crippen LogP contribution in [0.2, 0.25) is 0 Å². The van der Waals surface area contributed by atoms with Gasteiger partial charge in [0.05, 0.1) is 0 Å². The first-order chi connectivity index (χ1) is 6.79. The second-order valence-corrected chi connectivity index (χ2v) is 2.51. The molecule has 14 heavy (non-hydrogen) atoms. The molecule has 0 aromatic rings. The summed E-state index contributed by atoms with van der Waals surface area (Å²) < 4.78 is 0. The van der Waals surface area contributed by atoms with E-state index >= 15 is 0 Å². The highest BCUT2D eigenvalue weighted by atomic mass is 14.0. The Bertz CT molecular complexity index is 309. The molecule has 0 amide bonds. The molecule has 0 nitrogen and oxygen atoms in total. The van der Waals surface area contributed by atoms with E-state index in [-0.39, 0.29) is 0 Å². The van der Waals surface area contributed by atoms with Crippen molar-refractivity contribution in [2.75, 3.05) is 0 Å². The van der Waals surface area contributed by atoms with Crippen molar-refractivity contribution in [3.8, 4) is 0 Å². The highest BCUT2D eigenvalue weighted by Gasteiger charge is 1.93. The average molecular weight is 184 g/mol. The molecule has 0 saturated carbocycles. The molecule has 0 rings (SSSR count). The van der Waals surface area contributed by atoms with Crippen LogP contribution in [0.3, 0.4) is 0 Å². The zero-order valence-electron chi connectivity index (χ0n) is 8.45. The number of hydrogen-bond acceptors (Lipinski definition) is 0. The van der Waals surface area contributed by atoms with Gasteiger partial charge < -0.3 is 0 Å². The van der Waals surface area contributed by atoms with Gasteiger partial charge in [-0.25, -0.2) is 0 Å². The molecule has 0 aromatic carbocycles. The Hall–Kier alpha value is -1.82. The topological polar surface area (TPSA) is 0 Å². The molecule has 0 aromatic heterocycles. The van der Waals surface area contributed by atoms with Crippen molar-refractivity contribution in [2.24, 2.45) is 0 Å². The van der Waals surface area contributed by atoms with E-state index in [4.69, 9.17) is 0 Å². The number of hydrogen-bond donors (Lipinski definition) is 0. The molecule has 72 valence electrons. The van der Waals surface area contributed by atoms with E-state index in [0.29, 0.717) is 0 Å². The summed E-state index contributed by atoms with van der Waals surface area (Å²) in [4.78, 5) is 0. The molecule has 0 N–H and O–H groups in total. The van der Waals surface area contributed by atoms with Crippen molar-refractivity contribution >= 4 is 0 Å². The molecule has 0 aliphatic heterocycles. The number of allylic oxidation sites excluding steroid dienone is 10. The largest absolute Gasteiger partial charge is 0.0991 e. The molecule has 0 radical (unpaired) electrons. The Balaban J connectivity index is 5.07. The maximum atomic E-state index is 3.74. The molecule has 0 heterocycles. The van der Waals surface area contributed by atoms with Crippen molar-refractivity contribution in [1.82, 2.24) is 0 Å². The van der Waals surface area contributed by atoms with Crippen molar-refractivity contribution in [1.29, 1.82) is 0 Å². The maximum absolute atomic E-state index is 3.74. The Morgan fingerprint density at radius 3 is 1.71 bits per heavy atom. The Morgan fingerprint density at radius 2 is 1.29 bits per heavy atom. The minimum Gasteiger partial charge on any atom is -0.0991 e. The molecule has 0 aliphatic rings. The fourth-order valence-corrected chi connectivity index (χ4v) is 0.956. The Morgan fingerprint density at radius 1 is 0.714 bits per heavy atom. The summed E-state index contributed by atoms with van der Waals surface area (Å²) in [6.45, 7) is 14.7. The quantitative estimate of drug-likeness (QED) is 0.544. The monoisotopic (exact) mass is 184 g/mol. The lowest BCUT2D eigenvalue weighted by molar-refractivity contribution is 1.55. The van der Waals surface area contributed by atoms with Crippen LogP contribution in [0.1, 0.15) is 0 Å². The summed E-state index contributed by atoms with van der Waals surface area (Å²) in [7, 11) is 0. The highest BCUT2D eigenvalue weighted by molar-refractivity contribution is 5.49. The van der Waals surface area contributed by atoms with Crippen LogP contribution in [0.15, 0.2) is 86.1 Å². The minimum atomic E-state index is 1.01. The predicted octanol–water partition coefficient (Wildman–Crippen LogP) is 4.14. The van der Waals surface area contributed by atoms with Crippen molar-refractivity contribution in [2.45, 2.75) is 0 Å². The van der Waals surface area contributed by atoms with E-state index in [1.54, 1.807) is 24.3 Å². The van der Waals surface area contributed by atoms with E-state index in [1.807, 2.05) is 24.3 Å². The lowest BCUT2D eigenvalue weighted by Gasteiger charge is -2.00. The standard InChI is InChI=1S/C14H16/c1-5-9-12-14(11-7-3)13(8-4)10-6-2/h5-12H,1-4H2/b12-9-,13-10+,14-11+. The van der Waals surface area contributed by atoms with E-state index in [9.17, 15) is 0 Å². The average Bonchev–Trinajstić information content (AvgIpc) is 2.21. The maximum Gasteiger partial charge on any atom is -0.0184 e. The van der Waals surface area contributed by atoms with E-state index in [0.717, 1.165) is 11.1 Å². The van der Waals surface area contributed by atoms with Crippen LogP contribution in [0.25, 0.3) is 0 Å². The lowest BCUT2D eigenvalue weighted by Crippen LogP contribution is -1.81. The molecule has 0 fully saturated rings. The second-order valence-electron chi connectivity index (χ2n) is 2.51. The summed E-state index contributed by atoms with van der Waals surface area (Å²) >= 11 is 0. The zero-order valence-corrected chi connectivity index (χ0v) is 8.45. The van der Waals surface area contributed by atoms with Crippen molar-refractivity contribution < 1.29 is 0 Å². The van der Waals surface area contributed by atoms with Crippen LogP contribution >= 0.6 is 0 Å². The van der Waals surface area contributed by atoms with Crippen LogP contribution in [0.4, 0.5) is 0 Å². The van der Waals surface area contributed by atoms with E-state index in [2.05, 4.69) is 26.3 Å². The molecular weight excluding hydrogens is 168 g/mol. The Labute approximate surface area is 86.7 Å². The second kappa shape index (κ2) is 7.81. The first-order valence-electron chi connectivity index (χ1n) is 4.37. The molecule has 0 aliphatic carbocycles. The van der Waals surface area contributed by atoms with Crippen LogP contribution in [0.5, 0.6) is 0 Å². The molecular formula is C14H16. The van der Waals surface area contributed by atoms with Gasteiger partial charge in [-0.15, -0.1) is 0 Å². The summed E-state index contributed by atoms with van der Waals surface area (Å²) in [6.07, 6.45) is 14.6. The molecule has 0 heteroatoms. The smallest absolute Gasteiger partial charge is 0.0184 e. The van der Waals surface area contributed by atoms with Gasteiger partial charge in [-0.3, -0.25) is 0 Å². The van der Waals surface area contributed by atoms with Crippen LogP contribution in [-0.4, -0.2) is 0 Å². The Kier molecular flexibility index (Phi) is 6.79. The SMILES string of the molecule is C=C\C=C/C(=C\C=C)C(/C=C)=C/C=C. The minimum absolute atomic E-state index is 1.01. The van der Waals surface area contributed by atoms with Gasteiger partial charge in [-0.2, -0.15) is 0 Å². The summed E-state index contributed by atoms with van der Waals surface area (Å²) in [6, 6.07) is 0. The van der Waals surface area contributed by atoms with Gasteiger partial charge in [-0.05, 0) is 11.1 Å². The summed E-state index contributed by atoms with van der Waals surface area (Å²) in [5, 5.41) is 0. The van der Waals surface area contributed by atoms with E-state index < -0.39 is 0 Å². The van der Waals surface area contributed by atoms with Gasteiger partial charge in [0.2, 0.25) is 0 Å². The molecule has 0 bridgehead atoms. The van der Waals surface area contributed by atoms with Gasteiger partial charge in [0.1, 0.15) is 0 Å². The third-order valence-corrected chi connectivity index (χ3v) is 1.56. The molecule has 0 spiro atoms. The summed E-state index contributed by atoms with van der Waals surface area (Å²) in [5.41, 5.74) is 2.05. The normalized spacial score (nSPS) is 12.6. The van der Waals surface area contributed by atoms with Crippen LogP contribution < -0.4 is 0 Å². The predicted molar refractivity (Wildman–Crippen MR) is 66.1 cm³/mol. The number of rotatable bonds is 6. The summed E-state index contributed by atoms with van der Waals surface area (Å²) in [5.74, 6) is 0. The molecule has 0 unspecified atom stereocenters. The highest BCUT2D eigenvalue weighted by Crippen LogP contribution is 2.13. The van der Waals surface area contributed by atoms with Crippen molar-refractivity contribution in [3.05, 3.63) is 86.1 Å². The first-order valence-corrected chi connectivity index (χ1v) is 4.37. The van der Waals surface area contributed by atoms with Gasteiger partial charge in [0.15, 0.2) is 0 Å². The fourth-order valence-electron chi connectivity index (χ4n) is 0.956.